The molecule has 1 aromatic heterocycles. The van der Waals surface area contributed by atoms with Crippen molar-refractivity contribution in [3.63, 3.8) is 0 Å². The van der Waals surface area contributed by atoms with E-state index in [2.05, 4.69) is 10.3 Å². The molecule has 0 saturated heterocycles. The van der Waals surface area contributed by atoms with Crippen LogP contribution in [-0.2, 0) is 0 Å². The Morgan fingerprint density at radius 1 is 1.32 bits per heavy atom. The van der Waals surface area contributed by atoms with Crippen LogP contribution in [0, 0.1) is 26.6 Å². The predicted molar refractivity (Wildman–Crippen MR) is 69.5 cm³/mol. The van der Waals surface area contributed by atoms with E-state index in [4.69, 9.17) is 4.42 Å². The van der Waals surface area contributed by atoms with Crippen LogP contribution in [-0.4, -0.2) is 17.9 Å². The molecule has 19 heavy (non-hydrogen) atoms. The zero-order valence-corrected chi connectivity index (χ0v) is 11.3. The molecule has 100 valence electrons. The zero-order chi connectivity index (χ0) is 14.2. The molecule has 4 nitrogen and oxygen atoms in total. The van der Waals surface area contributed by atoms with Crippen LogP contribution < -0.4 is 5.32 Å². The Morgan fingerprint density at radius 3 is 2.53 bits per heavy atom. The molecule has 0 atom stereocenters. The van der Waals surface area contributed by atoms with Crippen molar-refractivity contribution < 1.29 is 13.6 Å². The Balaban J connectivity index is 2.69. The predicted octanol–water partition coefficient (Wildman–Crippen LogP) is 2.77. The van der Waals surface area contributed by atoms with E-state index >= 15 is 0 Å². The number of halogens is 1. The van der Waals surface area contributed by atoms with Crippen LogP contribution in [0.15, 0.2) is 16.5 Å². The average molecular weight is 262 g/mol. The van der Waals surface area contributed by atoms with Gasteiger partial charge in [-0.2, -0.15) is 0 Å². The van der Waals surface area contributed by atoms with Gasteiger partial charge in [0.1, 0.15) is 17.3 Å². The highest BCUT2D eigenvalue weighted by Crippen LogP contribution is 2.30. The summed E-state index contributed by atoms with van der Waals surface area (Å²) in [4.78, 5) is 15.9. The number of oxazole rings is 1. The molecule has 2 aromatic rings. The minimum atomic E-state index is -0.415. The fourth-order valence-electron chi connectivity index (χ4n) is 2.11. The van der Waals surface area contributed by atoms with Gasteiger partial charge in [0.25, 0.3) is 5.91 Å². The van der Waals surface area contributed by atoms with Gasteiger partial charge in [0, 0.05) is 25.1 Å². The number of nitrogens with zero attached hydrogens (tertiary/aromatic N) is 1. The van der Waals surface area contributed by atoms with Crippen LogP contribution in [0.5, 0.6) is 0 Å². The molecular weight excluding hydrogens is 247 g/mol. The van der Waals surface area contributed by atoms with Crippen LogP contribution in [0.1, 0.15) is 27.6 Å². The Hall–Kier alpha value is -2.17. The van der Waals surface area contributed by atoms with Crippen LogP contribution in [0.4, 0.5) is 4.39 Å². The summed E-state index contributed by atoms with van der Waals surface area (Å²) in [6.45, 7) is 5.12. The van der Waals surface area contributed by atoms with E-state index in [-0.39, 0.29) is 5.91 Å². The van der Waals surface area contributed by atoms with Crippen molar-refractivity contribution in [2.75, 3.05) is 7.05 Å². The minimum absolute atomic E-state index is 0.253. The van der Waals surface area contributed by atoms with E-state index < -0.39 is 5.82 Å². The molecule has 0 radical (unpaired) electrons. The van der Waals surface area contributed by atoms with Crippen LogP contribution in [0.2, 0.25) is 0 Å². The summed E-state index contributed by atoms with van der Waals surface area (Å²) < 4.78 is 19.4. The zero-order valence-electron chi connectivity index (χ0n) is 11.3. The molecule has 1 heterocycles. The fraction of sp³-hybridized carbons (Fsp3) is 0.286. The lowest BCUT2D eigenvalue weighted by Crippen LogP contribution is -2.19. The minimum Gasteiger partial charge on any atom is -0.446 e. The summed E-state index contributed by atoms with van der Waals surface area (Å²) in [5.41, 5.74) is 1.74. The number of nitrogens with one attached hydrogen (secondary N) is 1. The van der Waals surface area contributed by atoms with Crippen molar-refractivity contribution in [3.05, 3.63) is 40.7 Å². The molecule has 0 spiro atoms. The van der Waals surface area contributed by atoms with Gasteiger partial charge in [0.05, 0.1) is 0 Å². The third-order valence-electron chi connectivity index (χ3n) is 3.03. The number of aryl methyl sites for hydroxylation is 2. The van der Waals surface area contributed by atoms with Gasteiger partial charge in [-0.25, -0.2) is 9.37 Å². The van der Waals surface area contributed by atoms with Gasteiger partial charge in [0.2, 0.25) is 0 Å². The number of benzene rings is 1. The van der Waals surface area contributed by atoms with E-state index in [9.17, 15) is 9.18 Å². The molecule has 0 aliphatic heterocycles. The first-order valence-corrected chi connectivity index (χ1v) is 5.91. The van der Waals surface area contributed by atoms with Gasteiger partial charge in [-0.15, -0.1) is 0 Å². The number of carbonyl (C=O) groups is 1. The Labute approximate surface area is 110 Å². The maximum absolute atomic E-state index is 14.1. The van der Waals surface area contributed by atoms with Crippen molar-refractivity contribution >= 4 is 5.91 Å². The standard InChI is InChI=1S/C14H15FN2O2/c1-7-10(14(18)16-4)5-6-11(15)12(7)13-8(2)19-9(3)17-13/h5-6H,1-4H3,(H,16,18). The number of amides is 1. The molecule has 2 rings (SSSR count). The lowest BCUT2D eigenvalue weighted by Gasteiger charge is -2.10. The van der Waals surface area contributed by atoms with Crippen molar-refractivity contribution in [3.8, 4) is 11.3 Å². The van der Waals surface area contributed by atoms with Gasteiger partial charge in [-0.3, -0.25) is 4.79 Å². The van der Waals surface area contributed by atoms with E-state index in [0.717, 1.165) is 0 Å². The van der Waals surface area contributed by atoms with Gasteiger partial charge in [-0.05, 0) is 31.5 Å². The molecule has 0 saturated carbocycles. The fourth-order valence-corrected chi connectivity index (χ4v) is 2.11. The first-order valence-electron chi connectivity index (χ1n) is 5.91. The van der Waals surface area contributed by atoms with Crippen molar-refractivity contribution in [2.24, 2.45) is 0 Å². The molecule has 0 aliphatic carbocycles. The second kappa shape index (κ2) is 4.84. The highest BCUT2D eigenvalue weighted by molar-refractivity contribution is 5.97. The molecule has 1 N–H and O–H groups in total. The van der Waals surface area contributed by atoms with Crippen molar-refractivity contribution in [1.82, 2.24) is 10.3 Å². The van der Waals surface area contributed by atoms with Crippen molar-refractivity contribution in [1.29, 1.82) is 0 Å². The molecule has 0 bridgehead atoms. The largest absolute Gasteiger partial charge is 0.446 e. The number of aromatic nitrogens is 1. The summed E-state index contributed by atoms with van der Waals surface area (Å²) in [5, 5.41) is 2.53. The van der Waals surface area contributed by atoms with Gasteiger partial charge in [0.15, 0.2) is 5.89 Å². The summed E-state index contributed by atoms with van der Waals surface area (Å²) in [6, 6.07) is 2.74. The summed E-state index contributed by atoms with van der Waals surface area (Å²) in [6.07, 6.45) is 0. The quantitative estimate of drug-likeness (QED) is 0.905. The van der Waals surface area contributed by atoms with Crippen molar-refractivity contribution in [2.45, 2.75) is 20.8 Å². The van der Waals surface area contributed by atoms with E-state index in [1.165, 1.54) is 19.2 Å². The van der Waals surface area contributed by atoms with E-state index in [0.29, 0.717) is 34.0 Å². The van der Waals surface area contributed by atoms with Gasteiger partial charge in [-0.1, -0.05) is 0 Å². The third-order valence-corrected chi connectivity index (χ3v) is 3.03. The van der Waals surface area contributed by atoms with Gasteiger partial charge >= 0.3 is 0 Å². The summed E-state index contributed by atoms with van der Waals surface area (Å²) in [7, 11) is 1.54. The summed E-state index contributed by atoms with van der Waals surface area (Å²) in [5.74, 6) is 0.336. The second-order valence-electron chi connectivity index (χ2n) is 4.31. The smallest absolute Gasteiger partial charge is 0.251 e. The topological polar surface area (TPSA) is 55.1 Å². The monoisotopic (exact) mass is 262 g/mol. The second-order valence-corrected chi connectivity index (χ2v) is 4.31. The number of hydrogen-bond acceptors (Lipinski definition) is 3. The summed E-state index contributed by atoms with van der Waals surface area (Å²) >= 11 is 0. The number of carbonyl (C=O) groups excluding carboxylic acids is 1. The Kier molecular flexibility index (Phi) is 3.38. The van der Waals surface area contributed by atoms with E-state index in [1.54, 1.807) is 20.8 Å². The lowest BCUT2D eigenvalue weighted by molar-refractivity contribution is 0.0962. The normalized spacial score (nSPS) is 10.6. The van der Waals surface area contributed by atoms with Crippen LogP contribution in [0.25, 0.3) is 11.3 Å². The molecule has 0 fully saturated rings. The van der Waals surface area contributed by atoms with Crippen LogP contribution in [0.3, 0.4) is 0 Å². The highest BCUT2D eigenvalue weighted by Gasteiger charge is 2.20. The Bertz CT molecular complexity index is 647. The molecule has 0 aliphatic rings. The maximum atomic E-state index is 14.1. The molecular formula is C14H15FN2O2. The molecule has 5 heteroatoms. The molecule has 0 unspecified atom stereocenters. The SMILES string of the molecule is CNC(=O)c1ccc(F)c(-c2nc(C)oc2C)c1C. The third kappa shape index (κ3) is 2.23. The van der Waals surface area contributed by atoms with Crippen LogP contribution >= 0.6 is 0 Å². The maximum Gasteiger partial charge on any atom is 0.251 e. The number of rotatable bonds is 2. The molecule has 1 amide bonds. The average Bonchev–Trinajstić information content (AvgIpc) is 2.68. The first-order chi connectivity index (χ1) is 8.95. The first kappa shape index (κ1) is 13.3. The number of hydrogen-bond donors (Lipinski definition) is 1. The highest BCUT2D eigenvalue weighted by atomic mass is 19.1. The lowest BCUT2D eigenvalue weighted by atomic mass is 9.98. The van der Waals surface area contributed by atoms with Gasteiger partial charge < -0.3 is 9.73 Å². The molecule has 1 aromatic carbocycles. The Morgan fingerprint density at radius 2 is 2.00 bits per heavy atom. The van der Waals surface area contributed by atoms with E-state index in [1.807, 2.05) is 0 Å².